The largest absolute Gasteiger partial charge is 0.756 e. The third-order valence-corrected chi connectivity index (χ3v) is 9.37. The molecule has 0 aliphatic carbocycles. The van der Waals surface area contributed by atoms with Gasteiger partial charge in [-0.1, -0.05) is 141 Å². The molecule has 278 valence electrons. The van der Waals surface area contributed by atoms with Crippen molar-refractivity contribution in [3.63, 3.8) is 0 Å². The van der Waals surface area contributed by atoms with E-state index in [-0.39, 0.29) is 19.1 Å². The van der Waals surface area contributed by atoms with Gasteiger partial charge in [-0.05, 0) is 38.5 Å². The molecule has 0 saturated carbocycles. The number of rotatable bonds is 34. The Bertz CT molecular complexity index is 829. The summed E-state index contributed by atoms with van der Waals surface area (Å²) >= 11 is 0. The molecular formula is C38H75N2O6P. The number of amides is 1. The summed E-state index contributed by atoms with van der Waals surface area (Å²) in [7, 11) is 1.25. The minimum atomic E-state index is -4.56. The van der Waals surface area contributed by atoms with Crippen LogP contribution in [0.1, 0.15) is 162 Å². The summed E-state index contributed by atoms with van der Waals surface area (Å²) in [5, 5.41) is 13.4. The molecule has 1 amide bonds. The van der Waals surface area contributed by atoms with Gasteiger partial charge < -0.3 is 28.8 Å². The van der Waals surface area contributed by atoms with Crippen molar-refractivity contribution in [2.75, 3.05) is 40.9 Å². The number of aliphatic hydroxyl groups excluding tert-OH is 1. The van der Waals surface area contributed by atoms with Crippen molar-refractivity contribution in [1.29, 1.82) is 0 Å². The van der Waals surface area contributed by atoms with E-state index in [0.29, 0.717) is 17.4 Å². The molecule has 0 rings (SSSR count). The number of phosphoric ester groups is 1. The number of carbonyl (C=O) groups is 1. The van der Waals surface area contributed by atoms with Crippen LogP contribution in [-0.2, 0) is 18.4 Å². The Hall–Kier alpha value is -1.02. The van der Waals surface area contributed by atoms with Gasteiger partial charge in [0.1, 0.15) is 13.2 Å². The van der Waals surface area contributed by atoms with Gasteiger partial charge in [-0.2, -0.15) is 0 Å². The number of aliphatic hydroxyl groups is 1. The van der Waals surface area contributed by atoms with E-state index < -0.39 is 20.0 Å². The van der Waals surface area contributed by atoms with Gasteiger partial charge in [-0.25, -0.2) is 0 Å². The van der Waals surface area contributed by atoms with Crippen molar-refractivity contribution in [3.8, 4) is 0 Å². The highest BCUT2D eigenvalue weighted by atomic mass is 31.2. The van der Waals surface area contributed by atoms with E-state index in [1.165, 1.54) is 103 Å². The fraction of sp³-hybridized carbons (Fsp3) is 0.868. The van der Waals surface area contributed by atoms with Gasteiger partial charge in [0.15, 0.2) is 0 Å². The number of nitrogens with zero attached hydrogens (tertiary/aromatic N) is 1. The average Bonchev–Trinajstić information content (AvgIpc) is 3.01. The molecule has 0 bridgehead atoms. The van der Waals surface area contributed by atoms with E-state index >= 15 is 0 Å². The molecule has 0 fully saturated rings. The third kappa shape index (κ3) is 33.3. The standard InChI is InChI=1S/C38H75N2O6P/c1-6-8-10-12-13-14-15-16-17-18-19-20-21-22-23-24-25-26-27-28-30-32-38(42)39-36(37(41)31-29-11-9-7-2)35-46-47(43,44)45-34-33-40(3,4)5/h18-19,29,31,36-37,41H,6-17,20-28,30,32-35H2,1-5H3,(H-,39,42,43,44)/b19-18-,31-29+. The molecule has 3 atom stereocenters. The zero-order chi connectivity index (χ0) is 35.1. The van der Waals surface area contributed by atoms with Crippen LogP contribution < -0.4 is 10.2 Å². The highest BCUT2D eigenvalue weighted by molar-refractivity contribution is 7.45. The van der Waals surface area contributed by atoms with Gasteiger partial charge in [0, 0.05) is 6.42 Å². The zero-order valence-electron chi connectivity index (χ0n) is 31.2. The first kappa shape index (κ1) is 46.0. The number of nitrogens with one attached hydrogen (secondary N) is 1. The number of unbranched alkanes of at least 4 members (excludes halogenated alkanes) is 19. The lowest BCUT2D eigenvalue weighted by Crippen LogP contribution is -2.45. The van der Waals surface area contributed by atoms with Gasteiger partial charge in [-0.3, -0.25) is 9.36 Å². The first-order valence-corrected chi connectivity index (χ1v) is 20.7. The lowest BCUT2D eigenvalue weighted by molar-refractivity contribution is -0.870. The van der Waals surface area contributed by atoms with Crippen LogP contribution in [-0.4, -0.2) is 68.5 Å². The van der Waals surface area contributed by atoms with Crippen LogP contribution in [0.3, 0.4) is 0 Å². The van der Waals surface area contributed by atoms with E-state index in [2.05, 4.69) is 31.3 Å². The minimum absolute atomic E-state index is 0.00213. The predicted octanol–water partition coefficient (Wildman–Crippen LogP) is 9.16. The van der Waals surface area contributed by atoms with Crippen molar-refractivity contribution in [2.24, 2.45) is 0 Å². The molecule has 0 saturated heterocycles. The third-order valence-electron chi connectivity index (χ3n) is 8.41. The Labute approximate surface area is 290 Å². The molecular weight excluding hydrogens is 611 g/mol. The quantitative estimate of drug-likeness (QED) is 0.0303. The average molecular weight is 687 g/mol. The van der Waals surface area contributed by atoms with Crippen LogP contribution in [0, 0.1) is 0 Å². The summed E-state index contributed by atoms with van der Waals surface area (Å²) in [6.45, 7) is 4.47. The maximum atomic E-state index is 12.7. The SMILES string of the molecule is CCCC/C=C/C(O)C(COP(=O)([O-])OCC[N+](C)(C)C)NC(=O)CCCCCCCCCCC/C=C\CCCCCCCCCC. The second-order valence-electron chi connectivity index (χ2n) is 14.3. The van der Waals surface area contributed by atoms with Crippen LogP contribution >= 0.6 is 7.82 Å². The molecule has 0 aromatic carbocycles. The fourth-order valence-corrected chi connectivity index (χ4v) is 5.97. The Morgan fingerprint density at radius 1 is 0.723 bits per heavy atom. The minimum Gasteiger partial charge on any atom is -0.756 e. The molecule has 0 aromatic heterocycles. The first-order chi connectivity index (χ1) is 22.5. The summed E-state index contributed by atoms with van der Waals surface area (Å²) in [4.78, 5) is 24.9. The van der Waals surface area contributed by atoms with Crippen LogP contribution in [0.25, 0.3) is 0 Å². The van der Waals surface area contributed by atoms with Crippen LogP contribution in [0.4, 0.5) is 0 Å². The summed E-state index contributed by atoms with van der Waals surface area (Å²) in [6, 6.07) is -0.880. The molecule has 0 aliphatic heterocycles. The topological polar surface area (TPSA) is 108 Å². The molecule has 2 N–H and O–H groups in total. The van der Waals surface area contributed by atoms with E-state index in [9.17, 15) is 19.4 Å². The molecule has 0 aromatic rings. The predicted molar refractivity (Wildman–Crippen MR) is 196 cm³/mol. The second-order valence-corrected chi connectivity index (χ2v) is 15.7. The van der Waals surface area contributed by atoms with E-state index in [0.717, 1.165) is 38.5 Å². The molecule has 0 aliphatic rings. The normalized spacial score (nSPS) is 15.0. The van der Waals surface area contributed by atoms with E-state index in [1.54, 1.807) is 6.08 Å². The number of carbonyl (C=O) groups excluding carboxylic acids is 1. The van der Waals surface area contributed by atoms with Crippen LogP contribution in [0.15, 0.2) is 24.3 Å². The molecule has 0 spiro atoms. The highest BCUT2D eigenvalue weighted by Gasteiger charge is 2.23. The van der Waals surface area contributed by atoms with E-state index in [4.69, 9.17) is 9.05 Å². The van der Waals surface area contributed by atoms with Crippen molar-refractivity contribution < 1.29 is 32.9 Å². The van der Waals surface area contributed by atoms with Crippen molar-refractivity contribution in [1.82, 2.24) is 5.32 Å². The summed E-state index contributed by atoms with van der Waals surface area (Å²) in [5.41, 5.74) is 0. The number of likely N-dealkylation sites (N-methyl/N-ethyl adjacent to an activating group) is 1. The lowest BCUT2D eigenvalue weighted by Gasteiger charge is -2.29. The Morgan fingerprint density at radius 3 is 1.70 bits per heavy atom. The zero-order valence-corrected chi connectivity index (χ0v) is 32.1. The van der Waals surface area contributed by atoms with E-state index in [1.807, 2.05) is 27.2 Å². The number of hydrogen-bond donors (Lipinski definition) is 2. The first-order valence-electron chi connectivity index (χ1n) is 19.2. The summed E-state index contributed by atoms with van der Waals surface area (Å²) in [6.07, 6.45) is 34.3. The summed E-state index contributed by atoms with van der Waals surface area (Å²) in [5.74, 6) is -0.210. The Balaban J connectivity index is 4.08. The van der Waals surface area contributed by atoms with Crippen molar-refractivity contribution in [2.45, 2.75) is 174 Å². The monoisotopic (exact) mass is 687 g/mol. The Kier molecular flexibility index (Phi) is 30.3. The van der Waals surface area contributed by atoms with Crippen LogP contribution in [0.5, 0.6) is 0 Å². The molecule has 3 unspecified atom stereocenters. The van der Waals surface area contributed by atoms with Crippen LogP contribution in [0.2, 0.25) is 0 Å². The van der Waals surface area contributed by atoms with Crippen molar-refractivity contribution in [3.05, 3.63) is 24.3 Å². The number of phosphoric acid groups is 1. The highest BCUT2D eigenvalue weighted by Crippen LogP contribution is 2.38. The molecule has 0 heterocycles. The molecule has 8 nitrogen and oxygen atoms in total. The van der Waals surface area contributed by atoms with Gasteiger partial charge >= 0.3 is 0 Å². The summed E-state index contributed by atoms with van der Waals surface area (Å²) < 4.78 is 22.9. The number of allylic oxidation sites excluding steroid dienone is 3. The molecule has 0 radical (unpaired) electrons. The number of quaternary nitrogens is 1. The second kappa shape index (κ2) is 31.0. The van der Waals surface area contributed by atoms with Gasteiger partial charge in [0.2, 0.25) is 5.91 Å². The van der Waals surface area contributed by atoms with Gasteiger partial charge in [0.25, 0.3) is 7.82 Å². The van der Waals surface area contributed by atoms with Crippen molar-refractivity contribution >= 4 is 13.7 Å². The van der Waals surface area contributed by atoms with Gasteiger partial charge in [-0.15, -0.1) is 0 Å². The lowest BCUT2D eigenvalue weighted by atomic mass is 10.0. The van der Waals surface area contributed by atoms with Gasteiger partial charge in [0.05, 0.1) is 39.9 Å². The maximum Gasteiger partial charge on any atom is 0.268 e. The number of hydrogen-bond acceptors (Lipinski definition) is 6. The smallest absolute Gasteiger partial charge is 0.268 e. The Morgan fingerprint density at radius 2 is 1.19 bits per heavy atom. The molecule has 9 heteroatoms. The fourth-order valence-electron chi connectivity index (χ4n) is 5.25. The molecule has 47 heavy (non-hydrogen) atoms. The maximum absolute atomic E-state index is 12.7.